The van der Waals surface area contributed by atoms with E-state index in [1.54, 1.807) is 6.92 Å². The highest BCUT2D eigenvalue weighted by Crippen LogP contribution is 2.23. The first-order valence-electron chi connectivity index (χ1n) is 8.49. The van der Waals surface area contributed by atoms with Gasteiger partial charge in [0.1, 0.15) is 0 Å². The predicted molar refractivity (Wildman–Crippen MR) is 83.3 cm³/mol. The van der Waals surface area contributed by atoms with Crippen LogP contribution in [0.5, 0.6) is 0 Å². The lowest BCUT2D eigenvalue weighted by Gasteiger charge is -2.25. The van der Waals surface area contributed by atoms with Crippen molar-refractivity contribution in [3.8, 4) is 0 Å². The third kappa shape index (κ3) is 10.4. The number of hydrogen-bond donors (Lipinski definition) is 2. The van der Waals surface area contributed by atoms with Crippen LogP contribution in [0.3, 0.4) is 0 Å². The maximum absolute atomic E-state index is 10.1. The number of rotatable bonds is 13. The molecule has 0 amide bonds. The quantitative estimate of drug-likeness (QED) is 0.478. The summed E-state index contributed by atoms with van der Waals surface area (Å²) in [6.07, 6.45) is 12.4. The van der Waals surface area contributed by atoms with E-state index in [1.807, 2.05) is 0 Å². The Morgan fingerprint density at radius 3 is 1.53 bits per heavy atom. The molecule has 2 N–H and O–H groups in total. The zero-order valence-electron chi connectivity index (χ0n) is 13.4. The molecule has 0 saturated heterocycles. The molecule has 116 valence electrons. The van der Waals surface area contributed by atoms with Crippen LogP contribution in [0.15, 0.2) is 0 Å². The third-order valence-corrected chi connectivity index (χ3v) is 4.08. The molecule has 0 aliphatic rings. The summed E-state index contributed by atoms with van der Waals surface area (Å²) in [5.74, 6) is 0.290. The minimum Gasteiger partial charge on any atom is -0.391 e. The van der Waals surface area contributed by atoms with E-state index in [4.69, 9.17) is 0 Å². The minimum atomic E-state index is -0.591. The summed E-state index contributed by atoms with van der Waals surface area (Å²) in [6, 6.07) is 0. The molecular weight excluding hydrogens is 236 g/mol. The molecule has 0 spiro atoms. The first-order chi connectivity index (χ1) is 9.13. The van der Waals surface area contributed by atoms with Crippen LogP contribution in [-0.4, -0.2) is 22.4 Å². The number of hydrogen-bond acceptors (Lipinski definition) is 2. The van der Waals surface area contributed by atoms with E-state index >= 15 is 0 Å². The van der Waals surface area contributed by atoms with Crippen LogP contribution in [0.2, 0.25) is 0 Å². The zero-order valence-corrected chi connectivity index (χ0v) is 13.4. The summed E-state index contributed by atoms with van der Waals surface area (Å²) < 4.78 is 0. The van der Waals surface area contributed by atoms with Gasteiger partial charge in [0.05, 0.1) is 12.2 Å². The Bertz CT molecular complexity index is 180. The molecule has 2 nitrogen and oxygen atoms in total. The molecule has 0 fully saturated rings. The lowest BCUT2D eigenvalue weighted by molar-refractivity contribution is -0.0134. The van der Waals surface area contributed by atoms with Crippen molar-refractivity contribution in [2.75, 3.05) is 0 Å². The van der Waals surface area contributed by atoms with Crippen molar-refractivity contribution in [1.29, 1.82) is 0 Å². The van der Waals surface area contributed by atoms with Crippen molar-refractivity contribution in [3.05, 3.63) is 0 Å². The maximum atomic E-state index is 10.1. The smallest absolute Gasteiger partial charge is 0.0824 e. The first-order valence-corrected chi connectivity index (χ1v) is 8.49. The van der Waals surface area contributed by atoms with E-state index in [9.17, 15) is 10.2 Å². The Labute approximate surface area is 120 Å². The Kier molecular flexibility index (Phi) is 12.9. The fourth-order valence-electron chi connectivity index (χ4n) is 2.72. The molecule has 0 rings (SSSR count). The van der Waals surface area contributed by atoms with Crippen LogP contribution in [-0.2, 0) is 0 Å². The number of aliphatic hydroxyl groups excluding tert-OH is 2. The summed E-state index contributed by atoms with van der Waals surface area (Å²) in [4.78, 5) is 0. The average Bonchev–Trinajstić information content (AvgIpc) is 2.40. The molecule has 0 aromatic rings. The Morgan fingerprint density at radius 2 is 1.11 bits per heavy atom. The Morgan fingerprint density at radius 1 is 0.684 bits per heavy atom. The van der Waals surface area contributed by atoms with E-state index in [0.717, 1.165) is 12.8 Å². The van der Waals surface area contributed by atoms with Gasteiger partial charge in [-0.2, -0.15) is 0 Å². The van der Waals surface area contributed by atoms with E-state index in [0.29, 0.717) is 5.92 Å². The molecule has 2 heteroatoms. The van der Waals surface area contributed by atoms with E-state index < -0.39 is 12.2 Å². The van der Waals surface area contributed by atoms with Crippen molar-refractivity contribution < 1.29 is 10.2 Å². The third-order valence-electron chi connectivity index (χ3n) is 4.08. The molecule has 0 saturated carbocycles. The van der Waals surface area contributed by atoms with Crippen LogP contribution in [0.1, 0.15) is 91.4 Å². The van der Waals surface area contributed by atoms with Gasteiger partial charge in [0.2, 0.25) is 0 Å². The van der Waals surface area contributed by atoms with Crippen LogP contribution in [0, 0.1) is 5.92 Å². The van der Waals surface area contributed by atoms with E-state index in [2.05, 4.69) is 13.8 Å². The lowest BCUT2D eigenvalue weighted by atomic mass is 9.87. The molecule has 0 aliphatic heterocycles. The SMILES string of the molecule is CCCCCCCC(CCCCCC)C(O)C(C)O. The van der Waals surface area contributed by atoms with Gasteiger partial charge >= 0.3 is 0 Å². The highest BCUT2D eigenvalue weighted by molar-refractivity contribution is 4.73. The van der Waals surface area contributed by atoms with Crippen molar-refractivity contribution in [1.82, 2.24) is 0 Å². The molecule has 0 aromatic heterocycles. The average molecular weight is 272 g/mol. The van der Waals surface area contributed by atoms with Crippen LogP contribution < -0.4 is 0 Å². The predicted octanol–water partition coefficient (Wildman–Crippen LogP) is 4.68. The second-order valence-electron chi connectivity index (χ2n) is 6.04. The molecule has 0 aromatic carbocycles. The van der Waals surface area contributed by atoms with E-state index in [1.165, 1.54) is 57.8 Å². The summed E-state index contributed by atoms with van der Waals surface area (Å²) in [6.45, 7) is 6.16. The van der Waals surface area contributed by atoms with Gasteiger partial charge in [-0.05, 0) is 25.7 Å². The monoisotopic (exact) mass is 272 g/mol. The summed E-state index contributed by atoms with van der Waals surface area (Å²) in [7, 11) is 0. The molecule has 3 atom stereocenters. The lowest BCUT2D eigenvalue weighted by Crippen LogP contribution is -2.31. The summed E-state index contributed by atoms with van der Waals surface area (Å²) >= 11 is 0. The van der Waals surface area contributed by atoms with Crippen molar-refractivity contribution >= 4 is 0 Å². The number of unbranched alkanes of at least 4 members (excludes halogenated alkanes) is 7. The van der Waals surface area contributed by atoms with Gasteiger partial charge in [0, 0.05) is 0 Å². The second kappa shape index (κ2) is 12.9. The van der Waals surface area contributed by atoms with Crippen LogP contribution in [0.4, 0.5) is 0 Å². The van der Waals surface area contributed by atoms with Gasteiger partial charge in [-0.15, -0.1) is 0 Å². The fraction of sp³-hybridized carbons (Fsp3) is 1.00. The van der Waals surface area contributed by atoms with Gasteiger partial charge < -0.3 is 10.2 Å². The topological polar surface area (TPSA) is 40.5 Å². The molecule has 0 bridgehead atoms. The van der Waals surface area contributed by atoms with Gasteiger partial charge in [-0.3, -0.25) is 0 Å². The Balaban J connectivity index is 3.90. The highest BCUT2D eigenvalue weighted by Gasteiger charge is 2.22. The normalized spacial score (nSPS) is 16.3. The van der Waals surface area contributed by atoms with Gasteiger partial charge in [-0.25, -0.2) is 0 Å². The van der Waals surface area contributed by atoms with E-state index in [-0.39, 0.29) is 0 Å². The zero-order chi connectivity index (χ0) is 14.5. The van der Waals surface area contributed by atoms with Gasteiger partial charge in [-0.1, -0.05) is 71.6 Å². The Hall–Kier alpha value is -0.0800. The second-order valence-corrected chi connectivity index (χ2v) is 6.04. The first kappa shape index (κ1) is 18.9. The van der Waals surface area contributed by atoms with Crippen LogP contribution >= 0.6 is 0 Å². The largest absolute Gasteiger partial charge is 0.391 e. The fourth-order valence-corrected chi connectivity index (χ4v) is 2.72. The molecule has 0 heterocycles. The molecular formula is C17H36O2. The molecule has 19 heavy (non-hydrogen) atoms. The van der Waals surface area contributed by atoms with Crippen molar-refractivity contribution in [2.24, 2.45) is 5.92 Å². The number of aliphatic hydroxyl groups is 2. The summed E-state index contributed by atoms with van der Waals surface area (Å²) in [5, 5.41) is 19.7. The highest BCUT2D eigenvalue weighted by atomic mass is 16.3. The molecule has 3 unspecified atom stereocenters. The van der Waals surface area contributed by atoms with Gasteiger partial charge in [0.25, 0.3) is 0 Å². The molecule has 0 radical (unpaired) electrons. The maximum Gasteiger partial charge on any atom is 0.0824 e. The van der Waals surface area contributed by atoms with Crippen molar-refractivity contribution in [2.45, 2.75) is 104 Å². The van der Waals surface area contributed by atoms with Crippen molar-refractivity contribution in [3.63, 3.8) is 0 Å². The van der Waals surface area contributed by atoms with Crippen LogP contribution in [0.25, 0.3) is 0 Å². The minimum absolute atomic E-state index is 0.290. The molecule has 0 aliphatic carbocycles. The summed E-state index contributed by atoms with van der Waals surface area (Å²) in [5.41, 5.74) is 0. The van der Waals surface area contributed by atoms with Gasteiger partial charge in [0.15, 0.2) is 0 Å². The standard InChI is InChI=1S/C17H36O2/c1-4-6-8-10-12-14-16(17(19)15(3)18)13-11-9-7-5-2/h15-19H,4-14H2,1-3H3.